The van der Waals surface area contributed by atoms with Crippen molar-refractivity contribution in [1.29, 1.82) is 0 Å². The van der Waals surface area contributed by atoms with Crippen LogP contribution in [0.15, 0.2) is 72.3 Å². The van der Waals surface area contributed by atoms with Gasteiger partial charge in [-0.05, 0) is 60.2 Å². The van der Waals surface area contributed by atoms with Gasteiger partial charge in [0, 0.05) is 5.56 Å². The van der Waals surface area contributed by atoms with E-state index in [1.54, 1.807) is 24.3 Å². The Morgan fingerprint density at radius 1 is 1.00 bits per heavy atom. The fourth-order valence-electron chi connectivity index (χ4n) is 3.88. The summed E-state index contributed by atoms with van der Waals surface area (Å²) in [6.07, 6.45) is 0. The lowest BCUT2D eigenvalue weighted by atomic mass is 9.95. The summed E-state index contributed by atoms with van der Waals surface area (Å²) in [4.78, 5) is 31.9. The number of carbonyl (C=O) groups is 2. The highest BCUT2D eigenvalue weighted by molar-refractivity contribution is 7.22. The van der Waals surface area contributed by atoms with Gasteiger partial charge in [0.15, 0.2) is 5.13 Å². The Kier molecular flexibility index (Phi) is 5.33. The maximum atomic E-state index is 13.7. The number of nitrogens with zero attached hydrogens (tertiary/aromatic N) is 2. The SMILES string of the molecule is COc1ccc(C(O)=C2C(=O)C(=O)N(c3nc4ccc(F)cc4s3)[C@H]2c2ccc(F)cc2)cc1. The van der Waals surface area contributed by atoms with E-state index in [0.29, 0.717) is 27.1 Å². The van der Waals surface area contributed by atoms with E-state index >= 15 is 0 Å². The molecule has 6 nitrogen and oxygen atoms in total. The minimum atomic E-state index is -1.06. The molecule has 4 aromatic rings. The molecule has 9 heteroatoms. The number of methoxy groups -OCH3 is 1. The lowest BCUT2D eigenvalue weighted by molar-refractivity contribution is -0.132. The Bertz CT molecular complexity index is 1460. The van der Waals surface area contributed by atoms with Crippen LogP contribution >= 0.6 is 11.3 Å². The molecule has 1 N–H and O–H groups in total. The second-order valence-electron chi connectivity index (χ2n) is 7.56. The van der Waals surface area contributed by atoms with E-state index in [1.807, 2.05) is 0 Å². The van der Waals surface area contributed by atoms with Gasteiger partial charge in [0.25, 0.3) is 5.78 Å². The van der Waals surface area contributed by atoms with Gasteiger partial charge in [-0.1, -0.05) is 23.5 Å². The van der Waals surface area contributed by atoms with Gasteiger partial charge >= 0.3 is 5.91 Å². The number of carbonyl (C=O) groups excluding carboxylic acids is 2. The number of rotatable bonds is 4. The zero-order chi connectivity index (χ0) is 24.0. The number of thiazole rings is 1. The molecule has 1 atom stereocenters. The highest BCUT2D eigenvalue weighted by Crippen LogP contribution is 2.44. The molecule has 0 saturated carbocycles. The first-order chi connectivity index (χ1) is 16.4. The zero-order valence-corrected chi connectivity index (χ0v) is 18.5. The summed E-state index contributed by atoms with van der Waals surface area (Å²) in [5, 5.41) is 11.3. The minimum Gasteiger partial charge on any atom is -0.507 e. The molecule has 1 aliphatic rings. The molecule has 5 rings (SSSR count). The quantitative estimate of drug-likeness (QED) is 0.248. The van der Waals surface area contributed by atoms with Crippen LogP contribution in [0.4, 0.5) is 13.9 Å². The van der Waals surface area contributed by atoms with Gasteiger partial charge in [-0.25, -0.2) is 13.8 Å². The van der Waals surface area contributed by atoms with Crippen LogP contribution in [-0.2, 0) is 9.59 Å². The van der Waals surface area contributed by atoms with Crippen molar-refractivity contribution in [2.75, 3.05) is 12.0 Å². The number of aliphatic hydroxyl groups excluding tert-OH is 1. The fraction of sp³-hybridized carbons (Fsp3) is 0.0800. The van der Waals surface area contributed by atoms with Crippen molar-refractivity contribution in [3.8, 4) is 5.75 Å². The van der Waals surface area contributed by atoms with E-state index in [0.717, 1.165) is 16.2 Å². The summed E-state index contributed by atoms with van der Waals surface area (Å²) in [6.45, 7) is 0. The predicted molar refractivity (Wildman–Crippen MR) is 124 cm³/mol. The highest BCUT2D eigenvalue weighted by atomic mass is 32.1. The maximum absolute atomic E-state index is 13.7. The number of aromatic nitrogens is 1. The molecule has 1 aliphatic heterocycles. The normalized spacial score (nSPS) is 17.5. The summed E-state index contributed by atoms with van der Waals surface area (Å²) in [7, 11) is 1.50. The molecule has 0 unspecified atom stereocenters. The molecule has 1 aromatic heterocycles. The van der Waals surface area contributed by atoms with Crippen LogP contribution < -0.4 is 9.64 Å². The minimum absolute atomic E-state index is 0.158. The molecule has 1 amide bonds. The highest BCUT2D eigenvalue weighted by Gasteiger charge is 2.48. The van der Waals surface area contributed by atoms with E-state index < -0.39 is 29.4 Å². The fourth-order valence-corrected chi connectivity index (χ4v) is 4.90. The van der Waals surface area contributed by atoms with Crippen LogP contribution in [0.5, 0.6) is 5.75 Å². The van der Waals surface area contributed by atoms with Crippen LogP contribution in [0.25, 0.3) is 16.0 Å². The van der Waals surface area contributed by atoms with Gasteiger partial charge < -0.3 is 9.84 Å². The van der Waals surface area contributed by atoms with E-state index in [2.05, 4.69) is 4.98 Å². The standard InChI is InChI=1S/C25H16F2N2O4S/c1-33-17-9-4-14(5-10-17)22(30)20-21(13-2-6-15(26)7-3-13)29(24(32)23(20)31)25-28-18-11-8-16(27)12-19(18)34-25/h2-12,21,30H,1H3/t21-/m0/s1. The van der Waals surface area contributed by atoms with Crippen LogP contribution in [0.1, 0.15) is 17.2 Å². The molecule has 170 valence electrons. The van der Waals surface area contributed by atoms with E-state index in [4.69, 9.17) is 4.74 Å². The molecule has 3 aromatic carbocycles. The molecule has 1 fully saturated rings. The Labute approximate surface area is 196 Å². The van der Waals surface area contributed by atoms with Gasteiger partial charge in [0.2, 0.25) is 0 Å². The van der Waals surface area contributed by atoms with Crippen molar-refractivity contribution < 1.29 is 28.2 Å². The van der Waals surface area contributed by atoms with Crippen LogP contribution in [-0.4, -0.2) is 28.9 Å². The average Bonchev–Trinajstić information content (AvgIpc) is 3.37. The predicted octanol–water partition coefficient (Wildman–Crippen LogP) is 5.21. The third kappa shape index (κ3) is 3.60. The largest absolute Gasteiger partial charge is 0.507 e. The van der Waals surface area contributed by atoms with Crippen molar-refractivity contribution in [1.82, 2.24) is 4.98 Å². The van der Waals surface area contributed by atoms with Crippen molar-refractivity contribution in [2.45, 2.75) is 6.04 Å². The number of ketones is 1. The van der Waals surface area contributed by atoms with Crippen LogP contribution in [0, 0.1) is 11.6 Å². The van der Waals surface area contributed by atoms with E-state index in [9.17, 15) is 23.5 Å². The first-order valence-electron chi connectivity index (χ1n) is 10.1. The van der Waals surface area contributed by atoms with Crippen molar-refractivity contribution in [3.63, 3.8) is 0 Å². The Morgan fingerprint density at radius 2 is 1.68 bits per heavy atom. The topological polar surface area (TPSA) is 79.7 Å². The van der Waals surface area contributed by atoms with Crippen molar-refractivity contribution in [2.24, 2.45) is 0 Å². The number of halogens is 2. The third-order valence-electron chi connectivity index (χ3n) is 5.54. The molecular weight excluding hydrogens is 462 g/mol. The summed E-state index contributed by atoms with van der Waals surface area (Å²) in [6, 6.07) is 14.6. The van der Waals surface area contributed by atoms with Crippen molar-refractivity contribution >= 4 is 44.1 Å². The maximum Gasteiger partial charge on any atom is 0.301 e. The van der Waals surface area contributed by atoms with Crippen molar-refractivity contribution in [3.05, 3.63) is 95.1 Å². The van der Waals surface area contributed by atoms with Crippen LogP contribution in [0.2, 0.25) is 0 Å². The molecule has 34 heavy (non-hydrogen) atoms. The van der Waals surface area contributed by atoms with Gasteiger partial charge in [-0.15, -0.1) is 0 Å². The number of fused-ring (bicyclic) bond motifs is 1. The number of aliphatic hydroxyl groups is 1. The second kappa shape index (κ2) is 8.35. The van der Waals surface area contributed by atoms with E-state index in [-0.39, 0.29) is 16.5 Å². The number of benzene rings is 3. The van der Waals surface area contributed by atoms with Crippen LogP contribution in [0.3, 0.4) is 0 Å². The zero-order valence-electron chi connectivity index (χ0n) is 17.7. The Balaban J connectivity index is 1.71. The molecule has 2 heterocycles. The third-order valence-corrected chi connectivity index (χ3v) is 6.56. The molecule has 0 radical (unpaired) electrons. The van der Waals surface area contributed by atoms with Gasteiger partial charge in [-0.2, -0.15) is 0 Å². The Morgan fingerprint density at radius 3 is 2.35 bits per heavy atom. The first-order valence-corrected chi connectivity index (χ1v) is 11.0. The number of amides is 1. The summed E-state index contributed by atoms with van der Waals surface area (Å²) < 4.78 is 33.0. The summed E-state index contributed by atoms with van der Waals surface area (Å²) in [5.41, 5.74) is 1.00. The second-order valence-corrected chi connectivity index (χ2v) is 8.57. The number of anilines is 1. The lowest BCUT2D eigenvalue weighted by Gasteiger charge is -2.23. The number of hydrogen-bond donors (Lipinski definition) is 1. The number of ether oxygens (including phenoxy) is 1. The lowest BCUT2D eigenvalue weighted by Crippen LogP contribution is -2.29. The molecule has 1 saturated heterocycles. The van der Waals surface area contributed by atoms with E-state index in [1.165, 1.54) is 49.6 Å². The smallest absolute Gasteiger partial charge is 0.301 e. The number of Topliss-reactive ketones (excluding diaryl/α,β-unsaturated/α-hetero) is 1. The van der Waals surface area contributed by atoms with Gasteiger partial charge in [0.05, 0.1) is 28.9 Å². The van der Waals surface area contributed by atoms with Gasteiger partial charge in [0.1, 0.15) is 23.1 Å². The number of hydrogen-bond acceptors (Lipinski definition) is 6. The molecule has 0 spiro atoms. The molecule has 0 bridgehead atoms. The summed E-state index contributed by atoms with van der Waals surface area (Å²) in [5.74, 6) is -2.60. The molecular formula is C25H16F2N2O4S. The Hall–Kier alpha value is -4.11. The monoisotopic (exact) mass is 478 g/mol. The first kappa shape index (κ1) is 21.7. The molecule has 0 aliphatic carbocycles. The van der Waals surface area contributed by atoms with Gasteiger partial charge in [-0.3, -0.25) is 14.5 Å². The summed E-state index contributed by atoms with van der Waals surface area (Å²) >= 11 is 1.04. The average molecular weight is 478 g/mol.